The fourth-order valence-corrected chi connectivity index (χ4v) is 2.45. The lowest BCUT2D eigenvalue weighted by atomic mass is 10.2. The Kier molecular flexibility index (Phi) is 5.35. The summed E-state index contributed by atoms with van der Waals surface area (Å²) >= 11 is 0. The van der Waals surface area contributed by atoms with Crippen LogP contribution >= 0.6 is 0 Å². The molecular formula is C10H21N3O3S. The Morgan fingerprint density at radius 1 is 1.41 bits per heavy atom. The molecule has 1 unspecified atom stereocenters. The zero-order valence-electron chi connectivity index (χ0n) is 10.2. The molecule has 1 aliphatic rings. The monoisotopic (exact) mass is 263 g/mol. The van der Waals surface area contributed by atoms with Crippen LogP contribution in [0.15, 0.2) is 0 Å². The quantitative estimate of drug-likeness (QED) is 0.649. The molecule has 0 aromatic heterocycles. The van der Waals surface area contributed by atoms with Crippen LogP contribution in [0.2, 0.25) is 0 Å². The van der Waals surface area contributed by atoms with Crippen LogP contribution in [0.4, 0.5) is 0 Å². The molecule has 1 rings (SSSR count). The topological polar surface area (TPSA) is 92.5 Å². The molecule has 1 saturated heterocycles. The molecule has 0 spiro atoms. The van der Waals surface area contributed by atoms with Gasteiger partial charge in [0.25, 0.3) is 0 Å². The van der Waals surface area contributed by atoms with E-state index in [-0.39, 0.29) is 18.1 Å². The van der Waals surface area contributed by atoms with E-state index in [2.05, 4.69) is 5.32 Å². The van der Waals surface area contributed by atoms with Crippen molar-refractivity contribution >= 4 is 15.7 Å². The molecule has 3 N–H and O–H groups in total. The summed E-state index contributed by atoms with van der Waals surface area (Å²) in [5.74, 6) is -0.177. The van der Waals surface area contributed by atoms with E-state index in [1.165, 1.54) is 0 Å². The molecule has 0 aliphatic carbocycles. The Morgan fingerprint density at radius 3 is 2.76 bits per heavy atom. The fourth-order valence-electron chi connectivity index (χ4n) is 1.77. The summed E-state index contributed by atoms with van der Waals surface area (Å²) < 4.78 is 22.0. The third-order valence-corrected chi connectivity index (χ3v) is 3.75. The van der Waals surface area contributed by atoms with Gasteiger partial charge in [-0.2, -0.15) is 0 Å². The number of carbonyl (C=O) groups is 1. The van der Waals surface area contributed by atoms with Crippen molar-refractivity contribution in [2.45, 2.75) is 18.9 Å². The molecule has 1 heterocycles. The van der Waals surface area contributed by atoms with Gasteiger partial charge in [0.1, 0.15) is 9.84 Å². The average molecular weight is 263 g/mol. The maximum absolute atomic E-state index is 11.9. The molecule has 0 saturated carbocycles. The highest BCUT2D eigenvalue weighted by atomic mass is 32.2. The van der Waals surface area contributed by atoms with Crippen molar-refractivity contribution in [1.82, 2.24) is 10.2 Å². The van der Waals surface area contributed by atoms with E-state index in [1.807, 2.05) is 0 Å². The molecule has 1 amide bonds. The summed E-state index contributed by atoms with van der Waals surface area (Å²) in [6.07, 6.45) is 2.26. The SMILES string of the molecule is CS(=O)(=O)CCC(N)C(=O)N1CCCNCC1. The number of hydrogen-bond donors (Lipinski definition) is 2. The molecule has 0 aromatic carbocycles. The zero-order valence-corrected chi connectivity index (χ0v) is 11.0. The highest BCUT2D eigenvalue weighted by Gasteiger charge is 2.22. The summed E-state index contributed by atoms with van der Waals surface area (Å²) in [5, 5.41) is 3.20. The van der Waals surface area contributed by atoms with Gasteiger partial charge in [-0.1, -0.05) is 0 Å². The predicted molar refractivity (Wildman–Crippen MR) is 66.4 cm³/mol. The second-order valence-corrected chi connectivity index (χ2v) is 6.71. The number of amides is 1. The van der Waals surface area contributed by atoms with Crippen molar-refractivity contribution in [2.24, 2.45) is 5.73 Å². The summed E-state index contributed by atoms with van der Waals surface area (Å²) in [7, 11) is -3.05. The maximum atomic E-state index is 11.9. The van der Waals surface area contributed by atoms with E-state index >= 15 is 0 Å². The van der Waals surface area contributed by atoms with Crippen LogP contribution < -0.4 is 11.1 Å². The minimum atomic E-state index is -3.05. The Labute approximate surface area is 102 Å². The van der Waals surface area contributed by atoms with Crippen molar-refractivity contribution in [3.8, 4) is 0 Å². The van der Waals surface area contributed by atoms with Crippen molar-refractivity contribution in [3.05, 3.63) is 0 Å². The first-order chi connectivity index (χ1) is 7.90. The molecule has 1 aliphatic heterocycles. The Balaban J connectivity index is 2.44. The first-order valence-corrected chi connectivity index (χ1v) is 7.89. The predicted octanol–water partition coefficient (Wildman–Crippen LogP) is -1.43. The molecule has 0 bridgehead atoms. The highest BCUT2D eigenvalue weighted by molar-refractivity contribution is 7.90. The highest BCUT2D eigenvalue weighted by Crippen LogP contribution is 2.02. The maximum Gasteiger partial charge on any atom is 0.239 e. The van der Waals surface area contributed by atoms with Gasteiger partial charge in [0, 0.05) is 25.9 Å². The number of hydrogen-bond acceptors (Lipinski definition) is 5. The third kappa shape index (κ3) is 5.47. The summed E-state index contributed by atoms with van der Waals surface area (Å²) in [6, 6.07) is -0.706. The van der Waals surface area contributed by atoms with Gasteiger partial charge in [-0.05, 0) is 19.4 Å². The normalized spacial score (nSPS) is 19.8. The van der Waals surface area contributed by atoms with Gasteiger partial charge in [-0.3, -0.25) is 4.79 Å². The van der Waals surface area contributed by atoms with Crippen molar-refractivity contribution in [3.63, 3.8) is 0 Å². The van der Waals surface area contributed by atoms with Gasteiger partial charge in [-0.25, -0.2) is 8.42 Å². The number of nitrogens with two attached hydrogens (primary N) is 1. The largest absolute Gasteiger partial charge is 0.340 e. The third-order valence-electron chi connectivity index (χ3n) is 2.77. The fraction of sp³-hybridized carbons (Fsp3) is 0.900. The van der Waals surface area contributed by atoms with Crippen LogP contribution in [-0.4, -0.2) is 63.5 Å². The first kappa shape index (κ1) is 14.4. The molecule has 0 radical (unpaired) electrons. The number of nitrogens with zero attached hydrogens (tertiary/aromatic N) is 1. The van der Waals surface area contributed by atoms with Gasteiger partial charge in [0.05, 0.1) is 11.8 Å². The molecule has 7 heteroatoms. The van der Waals surface area contributed by atoms with Gasteiger partial charge in [0.15, 0.2) is 0 Å². The Bertz CT molecular complexity index is 348. The van der Waals surface area contributed by atoms with Crippen molar-refractivity contribution in [2.75, 3.05) is 38.2 Å². The number of nitrogens with one attached hydrogen (secondary N) is 1. The minimum absolute atomic E-state index is 0.0357. The summed E-state index contributed by atoms with van der Waals surface area (Å²) in [4.78, 5) is 13.7. The van der Waals surface area contributed by atoms with E-state index in [9.17, 15) is 13.2 Å². The van der Waals surface area contributed by atoms with Gasteiger partial charge in [0.2, 0.25) is 5.91 Å². The number of carbonyl (C=O) groups excluding carboxylic acids is 1. The average Bonchev–Trinajstić information content (AvgIpc) is 2.52. The smallest absolute Gasteiger partial charge is 0.239 e. The first-order valence-electron chi connectivity index (χ1n) is 5.83. The number of rotatable bonds is 4. The second kappa shape index (κ2) is 6.32. The van der Waals surface area contributed by atoms with Crippen LogP contribution in [-0.2, 0) is 14.6 Å². The molecule has 6 nitrogen and oxygen atoms in total. The Morgan fingerprint density at radius 2 is 2.12 bits per heavy atom. The molecule has 1 fully saturated rings. The molecule has 0 aromatic rings. The number of sulfone groups is 1. The van der Waals surface area contributed by atoms with Crippen LogP contribution in [0.3, 0.4) is 0 Å². The van der Waals surface area contributed by atoms with E-state index in [0.29, 0.717) is 13.1 Å². The van der Waals surface area contributed by atoms with Crippen LogP contribution in [0, 0.1) is 0 Å². The standard InChI is InChI=1S/C10H21N3O3S/c1-17(15,16)8-3-9(11)10(14)13-6-2-4-12-5-7-13/h9,12H,2-8,11H2,1H3. The van der Waals surface area contributed by atoms with E-state index in [1.54, 1.807) is 4.90 Å². The van der Waals surface area contributed by atoms with Crippen molar-refractivity contribution in [1.29, 1.82) is 0 Å². The zero-order chi connectivity index (χ0) is 12.9. The summed E-state index contributed by atoms with van der Waals surface area (Å²) in [5.41, 5.74) is 5.73. The minimum Gasteiger partial charge on any atom is -0.340 e. The Hall–Kier alpha value is -0.660. The molecule has 1 atom stereocenters. The van der Waals surface area contributed by atoms with E-state index in [0.717, 1.165) is 25.8 Å². The molecule has 100 valence electrons. The second-order valence-electron chi connectivity index (χ2n) is 4.45. The lowest BCUT2D eigenvalue weighted by molar-refractivity contribution is -0.132. The molecular weight excluding hydrogens is 242 g/mol. The van der Waals surface area contributed by atoms with Crippen molar-refractivity contribution < 1.29 is 13.2 Å². The van der Waals surface area contributed by atoms with E-state index in [4.69, 9.17) is 5.73 Å². The molecule has 17 heavy (non-hydrogen) atoms. The van der Waals surface area contributed by atoms with Crippen LogP contribution in [0.1, 0.15) is 12.8 Å². The van der Waals surface area contributed by atoms with Crippen LogP contribution in [0.25, 0.3) is 0 Å². The van der Waals surface area contributed by atoms with E-state index < -0.39 is 15.9 Å². The lowest BCUT2D eigenvalue weighted by Crippen LogP contribution is -2.45. The summed E-state index contributed by atoms with van der Waals surface area (Å²) in [6.45, 7) is 3.01. The van der Waals surface area contributed by atoms with Gasteiger partial charge < -0.3 is 16.0 Å². The van der Waals surface area contributed by atoms with Gasteiger partial charge in [-0.15, -0.1) is 0 Å². The van der Waals surface area contributed by atoms with Crippen LogP contribution in [0.5, 0.6) is 0 Å². The lowest BCUT2D eigenvalue weighted by Gasteiger charge is -2.23. The van der Waals surface area contributed by atoms with Gasteiger partial charge >= 0.3 is 0 Å².